The maximum Gasteiger partial charge on any atom is 0.255 e. The zero-order valence-corrected chi connectivity index (χ0v) is 16.1. The zero-order chi connectivity index (χ0) is 18.7. The molecule has 3 N–H and O–H groups in total. The number of nitrogens with one attached hydrogen (secondary N) is 1. The van der Waals surface area contributed by atoms with E-state index in [0.29, 0.717) is 34.1 Å². The van der Waals surface area contributed by atoms with Gasteiger partial charge in [-0.3, -0.25) is 4.79 Å². The van der Waals surface area contributed by atoms with E-state index in [1.54, 1.807) is 12.1 Å². The number of amides is 1. The molecule has 5 nitrogen and oxygen atoms in total. The molecule has 0 radical (unpaired) electrons. The van der Waals surface area contributed by atoms with Crippen LogP contribution in [-0.2, 0) is 0 Å². The van der Waals surface area contributed by atoms with Crippen molar-refractivity contribution in [1.82, 2.24) is 10.2 Å². The first-order valence-electron chi connectivity index (χ1n) is 9.20. The fourth-order valence-corrected chi connectivity index (χ4v) is 4.11. The average molecular weight is 376 g/mol. The van der Waals surface area contributed by atoms with Crippen molar-refractivity contribution in [2.45, 2.75) is 57.2 Å². The molecule has 2 unspecified atom stereocenters. The predicted molar refractivity (Wildman–Crippen MR) is 104 cm³/mol. The van der Waals surface area contributed by atoms with Gasteiger partial charge >= 0.3 is 0 Å². The van der Waals surface area contributed by atoms with Gasteiger partial charge in [-0.15, -0.1) is 5.92 Å². The number of nitrogen functional groups attached to an aromatic ring is 1. The summed E-state index contributed by atoms with van der Waals surface area (Å²) < 4.78 is 5.68. The highest BCUT2D eigenvalue weighted by atomic mass is 35.5. The average Bonchev–Trinajstić information content (AvgIpc) is 2.82. The number of rotatable bonds is 4. The van der Waals surface area contributed by atoms with Crippen LogP contribution in [0.25, 0.3) is 0 Å². The second-order valence-corrected chi connectivity index (χ2v) is 7.47. The summed E-state index contributed by atoms with van der Waals surface area (Å²) in [6.45, 7) is 2.19. The standard InChI is InChI=1S/C20H26ClN3O2/c1-3-4-5-8-26-19-12-18(22)17(21)11-16(19)20(25)23-13-9-14-6-7-15(10-13)24(14)2/h11-15H,3,6-10,22H2,1-2H3,(H,23,25). The summed E-state index contributed by atoms with van der Waals surface area (Å²) in [5.41, 5.74) is 6.68. The number of piperidine rings is 1. The molecule has 0 aromatic heterocycles. The van der Waals surface area contributed by atoms with Gasteiger partial charge in [0.15, 0.2) is 0 Å². The lowest BCUT2D eigenvalue weighted by molar-refractivity contribution is 0.0879. The highest BCUT2D eigenvalue weighted by Crippen LogP contribution is 2.35. The molecule has 0 spiro atoms. The van der Waals surface area contributed by atoms with Crippen molar-refractivity contribution < 1.29 is 9.53 Å². The van der Waals surface area contributed by atoms with E-state index >= 15 is 0 Å². The number of carbonyl (C=O) groups is 1. The Hall–Kier alpha value is -1.90. The second kappa shape index (κ2) is 8.20. The van der Waals surface area contributed by atoms with Crippen molar-refractivity contribution in [2.75, 3.05) is 19.4 Å². The van der Waals surface area contributed by atoms with Gasteiger partial charge in [-0.05, 0) is 38.8 Å². The summed E-state index contributed by atoms with van der Waals surface area (Å²) >= 11 is 6.14. The van der Waals surface area contributed by atoms with Gasteiger partial charge in [0.05, 0.1) is 16.3 Å². The van der Waals surface area contributed by atoms with Gasteiger partial charge in [0.1, 0.15) is 12.4 Å². The van der Waals surface area contributed by atoms with E-state index in [0.717, 1.165) is 19.3 Å². The van der Waals surface area contributed by atoms with Crippen molar-refractivity contribution in [3.8, 4) is 17.6 Å². The number of carbonyl (C=O) groups excluding carboxylic acids is 1. The van der Waals surface area contributed by atoms with Crippen molar-refractivity contribution >= 4 is 23.2 Å². The van der Waals surface area contributed by atoms with Gasteiger partial charge in [-0.25, -0.2) is 0 Å². The van der Waals surface area contributed by atoms with E-state index in [4.69, 9.17) is 22.1 Å². The molecule has 1 aromatic rings. The van der Waals surface area contributed by atoms with E-state index in [9.17, 15) is 4.79 Å². The van der Waals surface area contributed by atoms with Crippen molar-refractivity contribution in [2.24, 2.45) is 0 Å². The maximum absolute atomic E-state index is 12.9. The fraction of sp³-hybridized carbons (Fsp3) is 0.550. The Balaban J connectivity index is 1.72. The Morgan fingerprint density at radius 1 is 1.35 bits per heavy atom. The van der Waals surface area contributed by atoms with E-state index in [-0.39, 0.29) is 18.6 Å². The summed E-state index contributed by atoms with van der Waals surface area (Å²) in [4.78, 5) is 15.3. The van der Waals surface area contributed by atoms with Gasteiger partial charge in [-0.2, -0.15) is 0 Å². The number of anilines is 1. The molecule has 2 fully saturated rings. The predicted octanol–water partition coefficient (Wildman–Crippen LogP) is 3.07. The number of benzene rings is 1. The van der Waals surface area contributed by atoms with Crippen LogP contribution in [0.1, 0.15) is 49.4 Å². The zero-order valence-electron chi connectivity index (χ0n) is 15.3. The highest BCUT2D eigenvalue weighted by Gasteiger charge is 2.39. The number of hydrogen-bond donors (Lipinski definition) is 2. The molecule has 1 amide bonds. The third-order valence-electron chi connectivity index (χ3n) is 5.38. The topological polar surface area (TPSA) is 67.6 Å². The molecule has 140 valence electrons. The fourth-order valence-electron chi connectivity index (χ4n) is 3.95. The molecule has 0 aliphatic carbocycles. The Morgan fingerprint density at radius 2 is 2.04 bits per heavy atom. The summed E-state index contributed by atoms with van der Waals surface area (Å²) in [5, 5.41) is 3.52. The Kier molecular flexibility index (Phi) is 5.95. The first-order chi connectivity index (χ1) is 12.5. The van der Waals surface area contributed by atoms with Gasteiger partial charge in [0.25, 0.3) is 5.91 Å². The summed E-state index contributed by atoms with van der Waals surface area (Å²) in [7, 11) is 2.18. The first-order valence-corrected chi connectivity index (χ1v) is 9.57. The molecule has 2 aliphatic rings. The summed E-state index contributed by atoms with van der Waals surface area (Å²) in [6, 6.07) is 4.49. The lowest BCUT2D eigenvalue weighted by Crippen LogP contribution is -2.48. The number of nitrogens with zero attached hydrogens (tertiary/aromatic N) is 1. The molecular weight excluding hydrogens is 350 g/mol. The van der Waals surface area contributed by atoms with E-state index in [1.807, 2.05) is 6.92 Å². The van der Waals surface area contributed by atoms with Crippen LogP contribution in [0.2, 0.25) is 5.02 Å². The van der Waals surface area contributed by atoms with Gasteiger partial charge < -0.3 is 20.7 Å². The largest absolute Gasteiger partial charge is 0.480 e. The van der Waals surface area contributed by atoms with E-state index in [1.165, 1.54) is 12.8 Å². The summed E-state index contributed by atoms with van der Waals surface area (Å²) in [6.07, 6.45) is 5.16. The minimum atomic E-state index is -0.167. The minimum Gasteiger partial charge on any atom is -0.480 e. The SMILES string of the molecule is CCC#CCOc1cc(N)c(Cl)cc1C(=O)NC1CC2CCC(C1)N2C. The number of hydrogen-bond acceptors (Lipinski definition) is 4. The molecule has 2 bridgehead atoms. The second-order valence-electron chi connectivity index (χ2n) is 7.06. The molecular formula is C20H26ClN3O2. The number of ether oxygens (including phenoxy) is 1. The van der Waals surface area contributed by atoms with Gasteiger partial charge in [0.2, 0.25) is 0 Å². The van der Waals surface area contributed by atoms with Crippen LogP contribution < -0.4 is 15.8 Å². The van der Waals surface area contributed by atoms with Crippen molar-refractivity contribution in [3.63, 3.8) is 0 Å². The molecule has 3 rings (SSSR count). The molecule has 26 heavy (non-hydrogen) atoms. The lowest BCUT2D eigenvalue weighted by Gasteiger charge is -2.36. The Labute approximate surface area is 160 Å². The Morgan fingerprint density at radius 3 is 2.69 bits per heavy atom. The van der Waals surface area contributed by atoms with E-state index < -0.39 is 0 Å². The maximum atomic E-state index is 12.9. The molecule has 2 atom stereocenters. The third-order valence-corrected chi connectivity index (χ3v) is 5.71. The lowest BCUT2D eigenvalue weighted by atomic mass is 9.97. The van der Waals surface area contributed by atoms with Crippen molar-refractivity contribution in [3.05, 3.63) is 22.7 Å². The third kappa shape index (κ3) is 4.08. The van der Waals surface area contributed by atoms with Crippen LogP contribution in [0.3, 0.4) is 0 Å². The number of nitrogens with two attached hydrogens (primary N) is 1. The number of fused-ring (bicyclic) bond motifs is 2. The molecule has 6 heteroatoms. The normalized spacial score (nSPS) is 24.7. The molecule has 2 aliphatic heterocycles. The van der Waals surface area contributed by atoms with E-state index in [2.05, 4.69) is 29.1 Å². The van der Waals surface area contributed by atoms with Crippen LogP contribution >= 0.6 is 11.6 Å². The molecule has 0 saturated carbocycles. The van der Waals surface area contributed by atoms with Crippen LogP contribution in [0.4, 0.5) is 5.69 Å². The summed E-state index contributed by atoms with van der Waals surface area (Å²) in [5.74, 6) is 6.10. The van der Waals surface area contributed by atoms with Crippen LogP contribution in [0.15, 0.2) is 12.1 Å². The molecule has 1 aromatic carbocycles. The first kappa shape index (κ1) is 18.9. The molecule has 2 saturated heterocycles. The highest BCUT2D eigenvalue weighted by molar-refractivity contribution is 6.33. The quantitative estimate of drug-likeness (QED) is 0.627. The smallest absolute Gasteiger partial charge is 0.255 e. The van der Waals surface area contributed by atoms with Gasteiger partial charge in [0, 0.05) is 30.6 Å². The number of halogens is 1. The molecule has 2 heterocycles. The van der Waals surface area contributed by atoms with Crippen molar-refractivity contribution in [1.29, 1.82) is 0 Å². The van der Waals surface area contributed by atoms with Crippen LogP contribution in [-0.4, -0.2) is 42.6 Å². The monoisotopic (exact) mass is 375 g/mol. The van der Waals surface area contributed by atoms with Crippen LogP contribution in [0, 0.1) is 11.8 Å². The van der Waals surface area contributed by atoms with Gasteiger partial charge in [-0.1, -0.05) is 24.4 Å². The minimum absolute atomic E-state index is 0.167. The van der Waals surface area contributed by atoms with Crippen LogP contribution in [0.5, 0.6) is 5.75 Å². The Bertz CT molecular complexity index is 727.